The summed E-state index contributed by atoms with van der Waals surface area (Å²) >= 11 is 10.3. The molecule has 2 nitrogen and oxygen atoms in total. The molecule has 0 heterocycles. The Bertz CT molecular complexity index is 643. The van der Waals surface area contributed by atoms with Crippen LogP contribution in [0.2, 0.25) is 0 Å². The quantitative estimate of drug-likeness (QED) is 0.645. The summed E-state index contributed by atoms with van der Waals surface area (Å²) in [5.41, 5.74) is 1.66. The first-order valence-electron chi connectivity index (χ1n) is 5.99. The molecule has 0 saturated carbocycles. The van der Waals surface area contributed by atoms with Crippen LogP contribution in [0.5, 0.6) is 0 Å². The van der Waals surface area contributed by atoms with E-state index in [0.29, 0.717) is 5.56 Å². The standard InChI is InChI=1S/C15H12Br3NO/c1-9(11-4-2-3-5-13(11)17)19-15(20)12-8-10(16)6-7-14(12)18/h2-9H,1H3,(H,19,20). The maximum absolute atomic E-state index is 12.3. The topological polar surface area (TPSA) is 29.1 Å². The molecule has 0 saturated heterocycles. The van der Waals surface area contributed by atoms with E-state index < -0.39 is 0 Å². The smallest absolute Gasteiger partial charge is 0.252 e. The highest BCUT2D eigenvalue weighted by Crippen LogP contribution is 2.25. The number of carbonyl (C=O) groups is 1. The third kappa shape index (κ3) is 3.71. The number of halogens is 3. The second kappa shape index (κ2) is 6.87. The SMILES string of the molecule is CC(NC(=O)c1cc(Br)ccc1Br)c1ccccc1Br. The second-order valence-corrected chi connectivity index (χ2v) is 6.97. The Kier molecular flexibility index (Phi) is 5.41. The molecule has 0 aromatic heterocycles. The molecule has 20 heavy (non-hydrogen) atoms. The van der Waals surface area contributed by atoms with Gasteiger partial charge in [-0.25, -0.2) is 0 Å². The van der Waals surface area contributed by atoms with Crippen molar-refractivity contribution in [2.45, 2.75) is 13.0 Å². The summed E-state index contributed by atoms with van der Waals surface area (Å²) < 4.78 is 2.64. The molecule has 1 atom stereocenters. The van der Waals surface area contributed by atoms with Crippen LogP contribution in [0.25, 0.3) is 0 Å². The van der Waals surface area contributed by atoms with Gasteiger partial charge in [-0.2, -0.15) is 0 Å². The van der Waals surface area contributed by atoms with Gasteiger partial charge in [-0.1, -0.05) is 50.1 Å². The Morgan fingerprint density at radius 2 is 1.75 bits per heavy atom. The summed E-state index contributed by atoms with van der Waals surface area (Å²) in [5.74, 6) is -0.110. The minimum absolute atomic E-state index is 0.0797. The number of hydrogen-bond donors (Lipinski definition) is 1. The van der Waals surface area contributed by atoms with Gasteiger partial charge in [0.05, 0.1) is 11.6 Å². The lowest BCUT2D eigenvalue weighted by molar-refractivity contribution is 0.0939. The molecular formula is C15H12Br3NO. The number of benzene rings is 2. The molecule has 0 aliphatic heterocycles. The Morgan fingerprint density at radius 3 is 2.45 bits per heavy atom. The first-order chi connectivity index (χ1) is 9.49. The lowest BCUT2D eigenvalue weighted by Crippen LogP contribution is -2.27. The van der Waals surface area contributed by atoms with Crippen molar-refractivity contribution >= 4 is 53.7 Å². The van der Waals surface area contributed by atoms with Gasteiger partial charge in [-0.05, 0) is 52.7 Å². The van der Waals surface area contributed by atoms with E-state index in [1.54, 1.807) is 6.07 Å². The molecule has 0 aliphatic carbocycles. The zero-order valence-electron chi connectivity index (χ0n) is 10.7. The summed E-state index contributed by atoms with van der Waals surface area (Å²) in [6, 6.07) is 13.3. The first-order valence-corrected chi connectivity index (χ1v) is 8.37. The van der Waals surface area contributed by atoms with Gasteiger partial charge in [0.15, 0.2) is 0 Å². The molecule has 0 bridgehead atoms. The largest absolute Gasteiger partial charge is 0.345 e. The average molecular weight is 462 g/mol. The summed E-state index contributed by atoms with van der Waals surface area (Å²) in [6.45, 7) is 1.96. The number of rotatable bonds is 3. The van der Waals surface area contributed by atoms with Crippen molar-refractivity contribution in [3.05, 3.63) is 67.0 Å². The van der Waals surface area contributed by atoms with E-state index in [4.69, 9.17) is 0 Å². The fourth-order valence-corrected chi connectivity index (χ4v) is 3.27. The number of amides is 1. The third-order valence-electron chi connectivity index (χ3n) is 2.89. The van der Waals surface area contributed by atoms with Gasteiger partial charge in [-0.15, -0.1) is 0 Å². The van der Waals surface area contributed by atoms with Crippen molar-refractivity contribution in [3.63, 3.8) is 0 Å². The molecule has 5 heteroatoms. The van der Waals surface area contributed by atoms with E-state index in [-0.39, 0.29) is 11.9 Å². The molecule has 1 unspecified atom stereocenters. The van der Waals surface area contributed by atoms with Crippen LogP contribution in [0, 0.1) is 0 Å². The van der Waals surface area contributed by atoms with Crippen molar-refractivity contribution < 1.29 is 4.79 Å². The van der Waals surface area contributed by atoms with E-state index in [9.17, 15) is 4.79 Å². The summed E-state index contributed by atoms with van der Waals surface area (Å²) in [4.78, 5) is 12.3. The van der Waals surface area contributed by atoms with Gasteiger partial charge in [-0.3, -0.25) is 4.79 Å². The second-order valence-electron chi connectivity index (χ2n) is 4.34. The molecule has 2 aromatic rings. The Morgan fingerprint density at radius 1 is 1.05 bits per heavy atom. The van der Waals surface area contributed by atoms with Crippen LogP contribution in [-0.2, 0) is 0 Å². The van der Waals surface area contributed by atoms with Crippen molar-refractivity contribution in [1.29, 1.82) is 0 Å². The first kappa shape index (κ1) is 15.7. The van der Waals surface area contributed by atoms with Crippen molar-refractivity contribution in [3.8, 4) is 0 Å². The predicted molar refractivity (Wildman–Crippen MR) is 91.9 cm³/mol. The van der Waals surface area contributed by atoms with Crippen molar-refractivity contribution in [2.75, 3.05) is 0 Å². The van der Waals surface area contributed by atoms with Crippen LogP contribution in [0.4, 0.5) is 0 Å². The van der Waals surface area contributed by atoms with E-state index in [1.807, 2.05) is 43.3 Å². The molecule has 2 aromatic carbocycles. The average Bonchev–Trinajstić information content (AvgIpc) is 2.41. The lowest BCUT2D eigenvalue weighted by atomic mass is 10.1. The Hall–Kier alpha value is -0.650. The van der Waals surface area contributed by atoms with Gasteiger partial charge in [0.25, 0.3) is 5.91 Å². The summed E-state index contributed by atoms with van der Waals surface area (Å²) in [7, 11) is 0. The highest BCUT2D eigenvalue weighted by Gasteiger charge is 2.15. The monoisotopic (exact) mass is 459 g/mol. The number of nitrogens with one attached hydrogen (secondary N) is 1. The van der Waals surface area contributed by atoms with E-state index in [0.717, 1.165) is 19.0 Å². The van der Waals surface area contributed by atoms with Gasteiger partial charge in [0.2, 0.25) is 0 Å². The van der Waals surface area contributed by atoms with Crippen molar-refractivity contribution in [2.24, 2.45) is 0 Å². The van der Waals surface area contributed by atoms with E-state index >= 15 is 0 Å². The van der Waals surface area contributed by atoms with Crippen LogP contribution in [0.3, 0.4) is 0 Å². The van der Waals surface area contributed by atoms with Crippen LogP contribution in [0.1, 0.15) is 28.9 Å². The third-order valence-corrected chi connectivity index (χ3v) is 4.80. The predicted octanol–water partition coefficient (Wildman–Crippen LogP) is 5.47. The zero-order chi connectivity index (χ0) is 14.7. The Balaban J connectivity index is 2.20. The van der Waals surface area contributed by atoms with E-state index in [1.165, 1.54) is 0 Å². The lowest BCUT2D eigenvalue weighted by Gasteiger charge is -2.16. The normalized spacial score (nSPS) is 12.0. The molecular weight excluding hydrogens is 450 g/mol. The summed E-state index contributed by atoms with van der Waals surface area (Å²) in [5, 5.41) is 3.00. The highest BCUT2D eigenvalue weighted by molar-refractivity contribution is 9.11. The van der Waals surface area contributed by atoms with Crippen LogP contribution in [-0.4, -0.2) is 5.91 Å². The van der Waals surface area contributed by atoms with Gasteiger partial charge in [0.1, 0.15) is 0 Å². The zero-order valence-corrected chi connectivity index (χ0v) is 15.4. The van der Waals surface area contributed by atoms with E-state index in [2.05, 4.69) is 53.1 Å². The number of carbonyl (C=O) groups excluding carboxylic acids is 1. The fourth-order valence-electron chi connectivity index (χ4n) is 1.85. The van der Waals surface area contributed by atoms with Crippen LogP contribution >= 0.6 is 47.8 Å². The fraction of sp³-hybridized carbons (Fsp3) is 0.133. The molecule has 1 N–H and O–H groups in total. The number of hydrogen-bond acceptors (Lipinski definition) is 1. The molecule has 2 rings (SSSR count). The molecule has 104 valence electrons. The van der Waals surface area contributed by atoms with Crippen LogP contribution in [0.15, 0.2) is 55.9 Å². The van der Waals surface area contributed by atoms with Crippen molar-refractivity contribution in [1.82, 2.24) is 5.32 Å². The van der Waals surface area contributed by atoms with Gasteiger partial charge in [0, 0.05) is 13.4 Å². The van der Waals surface area contributed by atoms with Crippen LogP contribution < -0.4 is 5.32 Å². The molecule has 0 radical (unpaired) electrons. The molecule has 0 fully saturated rings. The van der Waals surface area contributed by atoms with Gasteiger partial charge >= 0.3 is 0 Å². The molecule has 0 spiro atoms. The maximum atomic E-state index is 12.3. The maximum Gasteiger partial charge on any atom is 0.252 e. The summed E-state index contributed by atoms with van der Waals surface area (Å²) in [6.07, 6.45) is 0. The Labute approximate surface area is 143 Å². The molecule has 0 aliphatic rings. The molecule has 1 amide bonds. The minimum atomic E-state index is -0.110. The highest BCUT2D eigenvalue weighted by atomic mass is 79.9. The minimum Gasteiger partial charge on any atom is -0.345 e. The van der Waals surface area contributed by atoms with Gasteiger partial charge < -0.3 is 5.32 Å².